The molecule has 1 fully saturated rings. The Hall–Kier alpha value is -2.31. The van der Waals surface area contributed by atoms with Crippen molar-refractivity contribution < 1.29 is 4.74 Å². The van der Waals surface area contributed by atoms with Crippen molar-refractivity contribution in [2.24, 2.45) is 4.99 Å². The fourth-order valence-electron chi connectivity index (χ4n) is 3.33. The highest BCUT2D eigenvalue weighted by Gasteiger charge is 2.25. The van der Waals surface area contributed by atoms with Crippen molar-refractivity contribution in [2.45, 2.75) is 39.5 Å². The quantitative estimate of drug-likeness (QED) is 0.509. The first-order valence-corrected chi connectivity index (χ1v) is 10.6. The summed E-state index contributed by atoms with van der Waals surface area (Å²) in [5.41, 5.74) is 2.36. The van der Waals surface area contributed by atoms with Crippen molar-refractivity contribution in [3.05, 3.63) is 58.7 Å². The zero-order valence-corrected chi connectivity index (χ0v) is 18.0. The Kier molecular flexibility index (Phi) is 8.14. The summed E-state index contributed by atoms with van der Waals surface area (Å²) in [6.45, 7) is 8.70. The van der Waals surface area contributed by atoms with Gasteiger partial charge in [0.1, 0.15) is 5.82 Å². The van der Waals surface area contributed by atoms with Crippen LogP contribution in [0.4, 0.5) is 5.82 Å². The first kappa shape index (κ1) is 21.4. The number of guanidine groups is 1. The molecule has 3 rings (SSSR count). The minimum absolute atomic E-state index is 0.305. The smallest absolute Gasteiger partial charge is 0.191 e. The van der Waals surface area contributed by atoms with Crippen molar-refractivity contribution in [3.8, 4) is 0 Å². The van der Waals surface area contributed by atoms with Gasteiger partial charge in [0.25, 0.3) is 0 Å². The Morgan fingerprint density at radius 1 is 1.24 bits per heavy atom. The topological polar surface area (TPSA) is 61.8 Å². The monoisotopic (exact) mass is 415 g/mol. The molecule has 0 amide bonds. The summed E-state index contributed by atoms with van der Waals surface area (Å²) in [7, 11) is 0. The fraction of sp³-hybridized carbons (Fsp3) is 0.455. The summed E-state index contributed by atoms with van der Waals surface area (Å²) in [6, 6.07) is 12.5. The number of aromatic nitrogens is 1. The summed E-state index contributed by atoms with van der Waals surface area (Å²) >= 11 is 6.30. The highest BCUT2D eigenvalue weighted by Crippen LogP contribution is 2.25. The Balaban J connectivity index is 1.56. The predicted molar refractivity (Wildman–Crippen MR) is 120 cm³/mol. The van der Waals surface area contributed by atoms with Gasteiger partial charge in [-0.3, -0.25) is 0 Å². The van der Waals surface area contributed by atoms with Crippen LogP contribution in [-0.4, -0.2) is 43.2 Å². The number of aliphatic imine (C=N–C) groups is 1. The molecule has 1 atom stereocenters. The molecule has 1 aromatic carbocycles. The van der Waals surface area contributed by atoms with Gasteiger partial charge in [0.15, 0.2) is 5.96 Å². The van der Waals surface area contributed by atoms with E-state index in [-0.39, 0.29) is 0 Å². The van der Waals surface area contributed by atoms with E-state index in [1.54, 1.807) is 6.20 Å². The molecule has 1 unspecified atom stereocenters. The van der Waals surface area contributed by atoms with E-state index in [2.05, 4.69) is 51.7 Å². The molecular formula is C22H30ClN5O. The maximum atomic E-state index is 6.30. The number of pyridine rings is 1. The number of halogens is 1. The van der Waals surface area contributed by atoms with Crippen LogP contribution in [0.1, 0.15) is 31.4 Å². The number of anilines is 1. The van der Waals surface area contributed by atoms with Gasteiger partial charge in [-0.1, -0.05) is 35.9 Å². The molecule has 2 N–H and O–H groups in total. The van der Waals surface area contributed by atoms with Crippen LogP contribution < -0.4 is 15.5 Å². The Morgan fingerprint density at radius 3 is 2.76 bits per heavy atom. The zero-order valence-electron chi connectivity index (χ0n) is 17.2. The highest BCUT2D eigenvalue weighted by molar-refractivity contribution is 6.32. The lowest BCUT2D eigenvalue weighted by Crippen LogP contribution is -2.44. The first-order chi connectivity index (χ1) is 14.2. The van der Waals surface area contributed by atoms with E-state index < -0.39 is 0 Å². The molecule has 1 aromatic heterocycles. The van der Waals surface area contributed by atoms with Crippen LogP contribution >= 0.6 is 11.6 Å². The molecule has 29 heavy (non-hydrogen) atoms. The van der Waals surface area contributed by atoms with Crippen LogP contribution in [-0.2, 0) is 17.9 Å². The summed E-state index contributed by atoms with van der Waals surface area (Å²) in [5.74, 6) is 1.69. The van der Waals surface area contributed by atoms with Crippen molar-refractivity contribution in [1.29, 1.82) is 0 Å². The van der Waals surface area contributed by atoms with E-state index in [1.165, 1.54) is 11.1 Å². The third-order valence-corrected chi connectivity index (χ3v) is 5.12. The molecule has 0 spiro atoms. The van der Waals surface area contributed by atoms with E-state index in [4.69, 9.17) is 21.3 Å². The first-order valence-electron chi connectivity index (χ1n) is 10.3. The van der Waals surface area contributed by atoms with Gasteiger partial charge in [-0.25, -0.2) is 9.98 Å². The van der Waals surface area contributed by atoms with Gasteiger partial charge < -0.3 is 20.3 Å². The standard InChI is InChI=1S/C22H30ClN5O/c1-3-24-22(26-14-17-7-9-18(10-8-17)16-29-4-2)27-19-11-13-28(15-19)21-20(23)6-5-12-25-21/h5-10,12,19H,3-4,11,13-16H2,1-2H3,(H2,24,26,27). The van der Waals surface area contributed by atoms with Gasteiger partial charge in [0, 0.05) is 38.5 Å². The minimum Gasteiger partial charge on any atom is -0.377 e. The number of rotatable bonds is 8. The van der Waals surface area contributed by atoms with Gasteiger partial charge in [-0.05, 0) is 43.5 Å². The summed E-state index contributed by atoms with van der Waals surface area (Å²) < 4.78 is 5.45. The van der Waals surface area contributed by atoms with Gasteiger partial charge in [0.05, 0.1) is 18.2 Å². The number of ether oxygens (including phenoxy) is 1. The van der Waals surface area contributed by atoms with E-state index in [0.717, 1.165) is 44.4 Å². The molecule has 1 saturated heterocycles. The zero-order chi connectivity index (χ0) is 20.5. The molecule has 0 aliphatic carbocycles. The summed E-state index contributed by atoms with van der Waals surface area (Å²) in [6.07, 6.45) is 2.80. The van der Waals surface area contributed by atoms with Gasteiger partial charge in [0.2, 0.25) is 0 Å². The molecule has 2 aromatic rings. The van der Waals surface area contributed by atoms with Crippen LogP contribution in [0, 0.1) is 0 Å². The van der Waals surface area contributed by atoms with E-state index >= 15 is 0 Å². The number of hydrogen-bond acceptors (Lipinski definition) is 4. The number of nitrogens with zero attached hydrogens (tertiary/aromatic N) is 3. The van der Waals surface area contributed by atoms with Crippen molar-refractivity contribution >= 4 is 23.4 Å². The largest absolute Gasteiger partial charge is 0.377 e. The van der Waals surface area contributed by atoms with Crippen LogP contribution in [0.5, 0.6) is 0 Å². The number of hydrogen-bond donors (Lipinski definition) is 2. The minimum atomic E-state index is 0.305. The lowest BCUT2D eigenvalue weighted by Gasteiger charge is -2.20. The average Bonchev–Trinajstić information content (AvgIpc) is 3.20. The number of benzene rings is 1. The number of nitrogens with one attached hydrogen (secondary N) is 2. The maximum Gasteiger partial charge on any atom is 0.191 e. The molecule has 1 aliphatic rings. The molecule has 0 radical (unpaired) electrons. The third-order valence-electron chi connectivity index (χ3n) is 4.83. The maximum absolute atomic E-state index is 6.30. The molecule has 6 nitrogen and oxygen atoms in total. The lowest BCUT2D eigenvalue weighted by molar-refractivity contribution is 0.134. The predicted octanol–water partition coefficient (Wildman–Crippen LogP) is 3.61. The Bertz CT molecular complexity index is 796. The van der Waals surface area contributed by atoms with Gasteiger partial charge >= 0.3 is 0 Å². The van der Waals surface area contributed by atoms with Crippen molar-refractivity contribution in [2.75, 3.05) is 31.1 Å². The SMILES string of the molecule is CCNC(=NCc1ccc(COCC)cc1)NC1CCN(c2ncccc2Cl)C1. The normalized spacial score (nSPS) is 16.9. The molecule has 1 aliphatic heterocycles. The van der Waals surface area contributed by atoms with Crippen molar-refractivity contribution in [3.63, 3.8) is 0 Å². The molecule has 156 valence electrons. The second kappa shape index (κ2) is 11.0. The Morgan fingerprint density at radius 2 is 2.03 bits per heavy atom. The van der Waals surface area contributed by atoms with Crippen LogP contribution in [0.25, 0.3) is 0 Å². The molecule has 0 saturated carbocycles. The molecular weight excluding hydrogens is 386 g/mol. The molecule has 0 bridgehead atoms. The fourth-order valence-corrected chi connectivity index (χ4v) is 3.57. The van der Waals surface area contributed by atoms with Crippen LogP contribution in [0.3, 0.4) is 0 Å². The van der Waals surface area contributed by atoms with Crippen LogP contribution in [0.2, 0.25) is 5.02 Å². The average molecular weight is 416 g/mol. The molecule has 7 heteroatoms. The highest BCUT2D eigenvalue weighted by atomic mass is 35.5. The third kappa shape index (κ3) is 6.34. The van der Waals surface area contributed by atoms with Gasteiger partial charge in [-0.2, -0.15) is 0 Å². The second-order valence-corrected chi connectivity index (χ2v) is 7.44. The second-order valence-electron chi connectivity index (χ2n) is 7.03. The molecule has 2 heterocycles. The Labute approximate surface area is 178 Å². The lowest BCUT2D eigenvalue weighted by atomic mass is 10.1. The summed E-state index contributed by atoms with van der Waals surface area (Å²) in [5, 5.41) is 7.59. The van der Waals surface area contributed by atoms with E-state index in [9.17, 15) is 0 Å². The van der Waals surface area contributed by atoms with E-state index in [1.807, 2.05) is 19.1 Å². The van der Waals surface area contributed by atoms with Gasteiger partial charge in [-0.15, -0.1) is 0 Å². The van der Waals surface area contributed by atoms with Crippen LogP contribution in [0.15, 0.2) is 47.6 Å². The summed E-state index contributed by atoms with van der Waals surface area (Å²) in [4.78, 5) is 11.4. The van der Waals surface area contributed by atoms with E-state index in [0.29, 0.717) is 24.2 Å². The van der Waals surface area contributed by atoms with Crippen molar-refractivity contribution in [1.82, 2.24) is 15.6 Å².